The molecule has 1 aromatic carbocycles. The quantitative estimate of drug-likeness (QED) is 0.571. The van der Waals surface area contributed by atoms with Gasteiger partial charge in [0.1, 0.15) is 17.2 Å². The lowest BCUT2D eigenvalue weighted by Gasteiger charge is -2.21. The summed E-state index contributed by atoms with van der Waals surface area (Å²) in [5, 5.41) is 3.25. The van der Waals surface area contributed by atoms with Gasteiger partial charge in [-0.25, -0.2) is 14.4 Å². The third-order valence-corrected chi connectivity index (χ3v) is 6.11. The molecule has 1 aliphatic rings. The minimum absolute atomic E-state index is 0.143. The molecule has 0 radical (unpaired) electrons. The molecule has 1 aliphatic carbocycles. The molecular weight excluding hydrogens is 391 g/mol. The third-order valence-electron chi connectivity index (χ3n) is 6.11. The maximum absolute atomic E-state index is 13.3. The number of pyridine rings is 1. The fraction of sp³-hybridized carbons (Fsp3) is 0.480. The van der Waals surface area contributed by atoms with E-state index in [0.717, 1.165) is 41.8 Å². The summed E-state index contributed by atoms with van der Waals surface area (Å²) in [4.78, 5) is 21.7. The van der Waals surface area contributed by atoms with Crippen LogP contribution in [0, 0.1) is 5.82 Å². The highest BCUT2D eigenvalue weighted by Gasteiger charge is 2.16. The van der Waals surface area contributed by atoms with Gasteiger partial charge < -0.3 is 9.88 Å². The van der Waals surface area contributed by atoms with Crippen LogP contribution in [0.4, 0.5) is 4.39 Å². The summed E-state index contributed by atoms with van der Waals surface area (Å²) in [6.07, 6.45) is 12.2. The van der Waals surface area contributed by atoms with Crippen molar-refractivity contribution in [2.75, 3.05) is 0 Å². The van der Waals surface area contributed by atoms with Crippen molar-refractivity contribution in [1.29, 1.82) is 0 Å². The number of halogens is 1. The van der Waals surface area contributed by atoms with Gasteiger partial charge in [0.05, 0.1) is 6.54 Å². The van der Waals surface area contributed by atoms with Crippen LogP contribution >= 0.6 is 0 Å². The highest BCUT2D eigenvalue weighted by Crippen LogP contribution is 2.19. The molecule has 5 nitrogen and oxygen atoms in total. The van der Waals surface area contributed by atoms with Gasteiger partial charge in [0, 0.05) is 25.1 Å². The molecule has 164 valence electrons. The molecular formula is C25H31FN4O. The van der Waals surface area contributed by atoms with E-state index in [2.05, 4.69) is 14.9 Å². The van der Waals surface area contributed by atoms with Gasteiger partial charge >= 0.3 is 0 Å². The highest BCUT2D eigenvalue weighted by atomic mass is 19.1. The predicted octanol–water partition coefficient (Wildman–Crippen LogP) is 5.17. The van der Waals surface area contributed by atoms with Crippen molar-refractivity contribution in [1.82, 2.24) is 19.9 Å². The Bertz CT molecular complexity index is 990. The lowest BCUT2D eigenvalue weighted by atomic mass is 9.96. The number of carbonyl (C=O) groups excluding carboxylic acids is 1. The monoisotopic (exact) mass is 422 g/mol. The first-order valence-electron chi connectivity index (χ1n) is 11.5. The van der Waals surface area contributed by atoms with Crippen molar-refractivity contribution in [2.45, 2.75) is 76.8 Å². The van der Waals surface area contributed by atoms with Gasteiger partial charge in [-0.15, -0.1) is 0 Å². The van der Waals surface area contributed by atoms with E-state index in [4.69, 9.17) is 4.98 Å². The Morgan fingerprint density at radius 3 is 2.58 bits per heavy atom. The first-order valence-corrected chi connectivity index (χ1v) is 11.5. The normalized spacial score (nSPS) is 15.5. The average Bonchev–Trinajstić information content (AvgIpc) is 3.09. The van der Waals surface area contributed by atoms with Gasteiger partial charge in [-0.3, -0.25) is 4.79 Å². The zero-order valence-corrected chi connectivity index (χ0v) is 18.0. The molecule has 4 rings (SSSR count). The molecule has 0 atom stereocenters. The highest BCUT2D eigenvalue weighted by molar-refractivity contribution is 5.76. The number of amides is 1. The Hall–Kier alpha value is -2.76. The predicted molar refractivity (Wildman–Crippen MR) is 120 cm³/mol. The van der Waals surface area contributed by atoms with E-state index in [1.54, 1.807) is 18.3 Å². The third kappa shape index (κ3) is 5.90. The van der Waals surface area contributed by atoms with Crippen LogP contribution in [0.15, 0.2) is 42.6 Å². The Labute approximate surface area is 183 Å². The van der Waals surface area contributed by atoms with Crippen LogP contribution < -0.4 is 5.32 Å². The fourth-order valence-corrected chi connectivity index (χ4v) is 4.44. The molecule has 2 heterocycles. The van der Waals surface area contributed by atoms with Crippen LogP contribution in [0.5, 0.6) is 0 Å². The summed E-state index contributed by atoms with van der Waals surface area (Å²) in [6, 6.07) is 10.7. The molecule has 1 fully saturated rings. The second-order valence-electron chi connectivity index (χ2n) is 8.55. The lowest BCUT2D eigenvalue weighted by molar-refractivity contribution is -0.122. The Balaban J connectivity index is 1.38. The molecule has 6 heteroatoms. The van der Waals surface area contributed by atoms with E-state index in [0.29, 0.717) is 25.4 Å². The molecule has 0 saturated heterocycles. The van der Waals surface area contributed by atoms with Crippen molar-refractivity contribution < 1.29 is 9.18 Å². The van der Waals surface area contributed by atoms with E-state index >= 15 is 0 Å². The van der Waals surface area contributed by atoms with Crippen LogP contribution in [0.25, 0.3) is 11.2 Å². The summed E-state index contributed by atoms with van der Waals surface area (Å²) < 4.78 is 15.4. The standard InChI is InChI=1S/C25H31FN4O/c26-20-15-13-19(14-16-20)18-30-23(29-22-10-7-17-27-25(22)30)11-6-12-24(31)28-21-8-4-2-1-3-5-9-21/h7,10,13-17,21H,1-6,8-9,11-12,18H2,(H,28,31). The number of benzene rings is 1. The molecule has 0 aliphatic heterocycles. The molecule has 0 spiro atoms. The maximum Gasteiger partial charge on any atom is 0.220 e. The fourth-order valence-electron chi connectivity index (χ4n) is 4.44. The van der Waals surface area contributed by atoms with E-state index < -0.39 is 0 Å². The maximum atomic E-state index is 13.3. The number of hydrogen-bond acceptors (Lipinski definition) is 3. The smallest absolute Gasteiger partial charge is 0.220 e. The number of aromatic nitrogens is 3. The summed E-state index contributed by atoms with van der Waals surface area (Å²) in [6.45, 7) is 0.581. The Kier molecular flexibility index (Phi) is 7.28. The SMILES string of the molecule is O=C(CCCc1nc2cccnc2n1Cc1ccc(F)cc1)NC1CCCCCCC1. The summed E-state index contributed by atoms with van der Waals surface area (Å²) >= 11 is 0. The molecule has 0 unspecified atom stereocenters. The van der Waals surface area contributed by atoms with Gasteiger partial charge in [0.15, 0.2) is 5.65 Å². The van der Waals surface area contributed by atoms with Crippen molar-refractivity contribution in [3.05, 3.63) is 59.8 Å². The second kappa shape index (κ2) is 10.5. The second-order valence-corrected chi connectivity index (χ2v) is 8.55. The summed E-state index contributed by atoms with van der Waals surface area (Å²) in [7, 11) is 0. The van der Waals surface area contributed by atoms with Crippen LogP contribution in [0.1, 0.15) is 69.2 Å². The van der Waals surface area contributed by atoms with Crippen LogP contribution in [0.3, 0.4) is 0 Å². The Morgan fingerprint density at radius 1 is 1.06 bits per heavy atom. The van der Waals surface area contributed by atoms with E-state index in [1.807, 2.05) is 12.1 Å². The van der Waals surface area contributed by atoms with E-state index in [9.17, 15) is 9.18 Å². The number of nitrogens with one attached hydrogen (secondary N) is 1. The van der Waals surface area contributed by atoms with Crippen molar-refractivity contribution in [3.63, 3.8) is 0 Å². The molecule has 2 aromatic heterocycles. The molecule has 0 bridgehead atoms. The zero-order valence-electron chi connectivity index (χ0n) is 18.0. The van der Waals surface area contributed by atoms with Crippen LogP contribution in [-0.4, -0.2) is 26.5 Å². The number of hydrogen-bond donors (Lipinski definition) is 1. The van der Waals surface area contributed by atoms with E-state index in [-0.39, 0.29) is 11.7 Å². The van der Waals surface area contributed by atoms with Gasteiger partial charge in [0.2, 0.25) is 5.91 Å². The number of aryl methyl sites for hydroxylation is 1. The van der Waals surface area contributed by atoms with Crippen molar-refractivity contribution in [3.8, 4) is 0 Å². The number of nitrogens with zero attached hydrogens (tertiary/aromatic N) is 3. The molecule has 31 heavy (non-hydrogen) atoms. The summed E-state index contributed by atoms with van der Waals surface area (Å²) in [5.74, 6) is 0.814. The van der Waals surface area contributed by atoms with Crippen LogP contribution in [-0.2, 0) is 17.8 Å². The lowest BCUT2D eigenvalue weighted by Crippen LogP contribution is -2.35. The summed E-state index contributed by atoms with van der Waals surface area (Å²) in [5.41, 5.74) is 2.66. The average molecular weight is 423 g/mol. The number of rotatable bonds is 7. The largest absolute Gasteiger partial charge is 0.353 e. The van der Waals surface area contributed by atoms with Crippen molar-refractivity contribution in [2.24, 2.45) is 0 Å². The number of fused-ring (bicyclic) bond motifs is 1. The minimum Gasteiger partial charge on any atom is -0.353 e. The number of carbonyl (C=O) groups is 1. The van der Waals surface area contributed by atoms with Gasteiger partial charge in [-0.1, -0.05) is 44.2 Å². The topological polar surface area (TPSA) is 59.8 Å². The zero-order chi connectivity index (χ0) is 21.5. The Morgan fingerprint density at radius 2 is 1.81 bits per heavy atom. The number of imidazole rings is 1. The molecule has 1 saturated carbocycles. The first kappa shape index (κ1) is 21.5. The van der Waals surface area contributed by atoms with Gasteiger partial charge in [0.25, 0.3) is 0 Å². The van der Waals surface area contributed by atoms with Crippen LogP contribution in [0.2, 0.25) is 0 Å². The van der Waals surface area contributed by atoms with Gasteiger partial charge in [-0.05, 0) is 49.1 Å². The van der Waals surface area contributed by atoms with Crippen molar-refractivity contribution >= 4 is 17.1 Å². The molecule has 1 N–H and O–H groups in total. The molecule has 3 aromatic rings. The van der Waals surface area contributed by atoms with E-state index in [1.165, 1.54) is 44.2 Å². The minimum atomic E-state index is -0.243. The first-order chi connectivity index (χ1) is 15.2. The molecule has 1 amide bonds. The van der Waals surface area contributed by atoms with Gasteiger partial charge in [-0.2, -0.15) is 0 Å².